The van der Waals surface area contributed by atoms with E-state index in [-0.39, 0.29) is 5.75 Å². The number of rotatable bonds is 10. The monoisotopic (exact) mass is 794 g/mol. The molecule has 0 aliphatic heterocycles. The first kappa shape index (κ1) is 36.4. The third-order valence-corrected chi connectivity index (χ3v) is 10.9. The molecular weight excluding hydrogens is 765 g/mol. The second kappa shape index (κ2) is 17.7. The highest BCUT2D eigenvalue weighted by molar-refractivity contribution is 7.99. The van der Waals surface area contributed by atoms with E-state index >= 15 is 0 Å². The number of phenols is 2. The van der Waals surface area contributed by atoms with E-state index in [0.29, 0.717) is 10.9 Å². The minimum absolute atomic E-state index is 0.289. The Balaban J connectivity index is 0.000000126. The Morgan fingerprint density at radius 2 is 1.20 bits per heavy atom. The molecule has 0 fully saturated rings. The standard InChI is InChI=1S/C14H13N3OS.C13H12N4OS.C7H5N7S2/c18-11-3-1-10(2-4-11)5-7-15-13-12-6-8-19-14(12)17-9-16-13;18-10-3-1-9(2-4-10)5-6-14-12-11-13(16-7-15-12)19-8-17-11;1-14-7(11-12-13-14)16-6-4-5(8-2-9-6)15-3-10-4/h1-4,6,8-9,18H,5,7H2,(H,15,16,17);1-4,7-8,18H,5-6H2,(H,14,15,16);2-3H,1H3. The molecule has 7 heterocycles. The number of tetrazole rings is 1. The first-order chi connectivity index (χ1) is 26.5. The SMILES string of the molecule is Cn1nnnc1Sc1ncnc2scnc12.Oc1ccc(CCNc2ncnc3sccc23)cc1.Oc1ccc(CCNc2ncnc3scnc23)cc1. The van der Waals surface area contributed by atoms with Gasteiger partial charge in [-0.05, 0) is 81.9 Å². The van der Waals surface area contributed by atoms with Crippen molar-refractivity contribution in [2.45, 2.75) is 23.0 Å². The van der Waals surface area contributed by atoms with Gasteiger partial charge in [0.15, 0.2) is 5.82 Å². The summed E-state index contributed by atoms with van der Waals surface area (Å²) in [5.74, 6) is 2.24. The second-order valence-corrected chi connectivity index (χ2v) is 14.7. The Labute approximate surface area is 323 Å². The van der Waals surface area contributed by atoms with Gasteiger partial charge in [0.05, 0.1) is 16.4 Å². The number of aromatic nitrogens is 12. The molecule has 0 saturated carbocycles. The van der Waals surface area contributed by atoms with Crippen molar-refractivity contribution < 1.29 is 10.2 Å². The lowest BCUT2D eigenvalue weighted by Crippen LogP contribution is -2.06. The van der Waals surface area contributed by atoms with Crippen LogP contribution in [-0.4, -0.2) is 83.4 Å². The van der Waals surface area contributed by atoms with Gasteiger partial charge in [-0.1, -0.05) is 24.3 Å². The zero-order chi connectivity index (χ0) is 37.1. The van der Waals surface area contributed by atoms with E-state index in [1.807, 2.05) is 35.7 Å². The molecule has 7 aromatic heterocycles. The fourth-order valence-electron chi connectivity index (χ4n) is 4.87. The first-order valence-electron chi connectivity index (χ1n) is 16.2. The highest BCUT2D eigenvalue weighted by Crippen LogP contribution is 2.29. The van der Waals surface area contributed by atoms with E-state index in [1.165, 1.54) is 46.3 Å². The number of nitrogens with zero attached hydrogens (tertiary/aromatic N) is 12. The summed E-state index contributed by atoms with van der Waals surface area (Å²) in [4.78, 5) is 36.4. The molecule has 0 amide bonds. The molecule has 2 aromatic carbocycles. The summed E-state index contributed by atoms with van der Waals surface area (Å²) in [6, 6.07) is 16.5. The largest absolute Gasteiger partial charge is 0.508 e. The van der Waals surface area contributed by atoms with Crippen LogP contribution in [0.1, 0.15) is 11.1 Å². The maximum Gasteiger partial charge on any atom is 0.215 e. The molecule has 4 N–H and O–H groups in total. The third-order valence-electron chi connectivity index (χ3n) is 7.55. The van der Waals surface area contributed by atoms with Crippen LogP contribution in [0, 0.1) is 0 Å². The van der Waals surface area contributed by atoms with Gasteiger partial charge in [0.2, 0.25) is 5.16 Å². The number of aryl methyl sites for hydroxylation is 1. The predicted octanol–water partition coefficient (Wildman–Crippen LogP) is 6.26. The molecule has 9 rings (SSSR count). The molecule has 0 radical (unpaired) electrons. The minimum Gasteiger partial charge on any atom is -0.508 e. The van der Waals surface area contributed by atoms with Crippen LogP contribution in [0.5, 0.6) is 11.5 Å². The van der Waals surface area contributed by atoms with Gasteiger partial charge in [-0.2, -0.15) is 0 Å². The molecule has 0 bridgehead atoms. The van der Waals surface area contributed by atoms with Gasteiger partial charge in [-0.3, -0.25) is 0 Å². The summed E-state index contributed by atoms with van der Waals surface area (Å²) in [5, 5.41) is 40.8. The molecule has 9 aromatic rings. The predicted molar refractivity (Wildman–Crippen MR) is 211 cm³/mol. The van der Waals surface area contributed by atoms with Crippen molar-refractivity contribution in [3.63, 3.8) is 0 Å². The number of thiazole rings is 2. The molecule has 0 spiro atoms. The van der Waals surface area contributed by atoms with Crippen molar-refractivity contribution in [1.29, 1.82) is 0 Å². The van der Waals surface area contributed by atoms with Gasteiger partial charge in [0.1, 0.15) is 66.8 Å². The van der Waals surface area contributed by atoms with Crippen LogP contribution in [0.15, 0.2) is 100 Å². The fraction of sp³-hybridized carbons (Fsp3) is 0.147. The lowest BCUT2D eigenvalue weighted by molar-refractivity contribution is 0.474. The van der Waals surface area contributed by atoms with E-state index in [9.17, 15) is 10.2 Å². The number of thiophene rings is 1. The van der Waals surface area contributed by atoms with Crippen LogP contribution < -0.4 is 10.6 Å². The lowest BCUT2D eigenvalue weighted by Gasteiger charge is -2.06. The normalized spacial score (nSPS) is 10.8. The molecule has 0 atom stereocenters. The molecule has 20 heteroatoms. The Hall–Kier alpha value is -5.96. The van der Waals surface area contributed by atoms with Gasteiger partial charge in [0.25, 0.3) is 0 Å². The number of fused-ring (bicyclic) bond motifs is 3. The molecule has 0 aliphatic carbocycles. The third kappa shape index (κ3) is 9.33. The number of anilines is 2. The van der Waals surface area contributed by atoms with E-state index in [2.05, 4.69) is 66.0 Å². The van der Waals surface area contributed by atoms with Gasteiger partial charge in [-0.25, -0.2) is 44.6 Å². The summed E-state index contributed by atoms with van der Waals surface area (Å²) in [6.45, 7) is 1.56. The number of phenolic OH excluding ortho intramolecular Hbond substituents is 2. The highest BCUT2D eigenvalue weighted by atomic mass is 32.2. The molecule has 0 aliphatic rings. The highest BCUT2D eigenvalue weighted by Gasteiger charge is 2.12. The zero-order valence-corrected chi connectivity index (χ0v) is 31.6. The van der Waals surface area contributed by atoms with Crippen molar-refractivity contribution in [3.8, 4) is 11.5 Å². The summed E-state index contributed by atoms with van der Waals surface area (Å²) < 4.78 is 1.59. The van der Waals surface area contributed by atoms with Gasteiger partial charge >= 0.3 is 0 Å². The molecule has 0 unspecified atom stereocenters. The molecule has 0 saturated heterocycles. The number of nitrogens with one attached hydrogen (secondary N) is 2. The van der Waals surface area contributed by atoms with Crippen LogP contribution in [0.2, 0.25) is 0 Å². The van der Waals surface area contributed by atoms with E-state index in [1.54, 1.807) is 71.0 Å². The first-order valence-corrected chi connectivity index (χ1v) is 19.7. The number of aromatic hydroxyl groups is 2. The van der Waals surface area contributed by atoms with Crippen LogP contribution in [0.3, 0.4) is 0 Å². The van der Waals surface area contributed by atoms with Gasteiger partial charge in [0, 0.05) is 20.1 Å². The van der Waals surface area contributed by atoms with E-state index in [0.717, 1.165) is 79.1 Å². The Morgan fingerprint density at radius 1 is 0.630 bits per heavy atom. The molecular formula is C34H30N14O2S4. The van der Waals surface area contributed by atoms with Crippen molar-refractivity contribution in [2.24, 2.45) is 7.05 Å². The van der Waals surface area contributed by atoms with E-state index < -0.39 is 0 Å². The maximum atomic E-state index is 9.22. The topological polar surface area (TPSA) is 211 Å². The fourth-order valence-corrected chi connectivity index (χ4v) is 7.69. The summed E-state index contributed by atoms with van der Waals surface area (Å²) in [7, 11) is 1.78. The zero-order valence-electron chi connectivity index (χ0n) is 28.4. The second-order valence-electron chi connectivity index (χ2n) is 11.1. The lowest BCUT2D eigenvalue weighted by atomic mass is 10.1. The summed E-state index contributed by atoms with van der Waals surface area (Å²) >= 11 is 5.98. The van der Waals surface area contributed by atoms with Crippen LogP contribution >= 0.6 is 45.8 Å². The van der Waals surface area contributed by atoms with Crippen molar-refractivity contribution in [2.75, 3.05) is 23.7 Å². The number of hydrogen-bond acceptors (Lipinski definition) is 19. The van der Waals surface area contributed by atoms with Gasteiger partial charge < -0.3 is 20.8 Å². The van der Waals surface area contributed by atoms with Crippen molar-refractivity contribution in [3.05, 3.63) is 101 Å². The quantitative estimate of drug-likeness (QED) is 0.113. The van der Waals surface area contributed by atoms with Crippen molar-refractivity contribution >= 4 is 88.3 Å². The maximum absolute atomic E-state index is 9.22. The van der Waals surface area contributed by atoms with Crippen molar-refractivity contribution in [1.82, 2.24) is 60.1 Å². The average molecular weight is 795 g/mol. The molecule has 54 heavy (non-hydrogen) atoms. The van der Waals surface area contributed by atoms with Gasteiger partial charge in [-0.15, -0.1) is 39.1 Å². The average Bonchev–Trinajstić information content (AvgIpc) is 4.03. The molecule has 272 valence electrons. The van der Waals surface area contributed by atoms with E-state index in [4.69, 9.17) is 0 Å². The summed E-state index contributed by atoms with van der Waals surface area (Å²) in [6.07, 6.45) is 6.39. The Morgan fingerprint density at radius 3 is 1.85 bits per heavy atom. The van der Waals surface area contributed by atoms with Crippen LogP contribution in [0.4, 0.5) is 11.6 Å². The number of hydrogen-bond donors (Lipinski definition) is 4. The molecule has 16 nitrogen and oxygen atoms in total. The smallest absolute Gasteiger partial charge is 0.215 e. The Bertz CT molecular complexity index is 2430. The van der Waals surface area contributed by atoms with Crippen LogP contribution in [0.25, 0.3) is 30.9 Å². The minimum atomic E-state index is 0.289. The summed E-state index contributed by atoms with van der Waals surface area (Å²) in [5.41, 5.74) is 7.47. The number of benzene rings is 2. The Kier molecular flexibility index (Phi) is 11.9. The van der Waals surface area contributed by atoms with Crippen LogP contribution in [-0.2, 0) is 19.9 Å².